The number of nitrogens with one attached hydrogen (secondary N) is 1. The maximum absolute atomic E-state index is 13.6. The second-order valence-electron chi connectivity index (χ2n) is 4.56. The number of benzene rings is 1. The Labute approximate surface area is 108 Å². The van der Waals surface area contributed by atoms with Gasteiger partial charge in [0.05, 0.1) is 22.0 Å². The van der Waals surface area contributed by atoms with Crippen molar-refractivity contribution in [3.8, 4) is 0 Å². The summed E-state index contributed by atoms with van der Waals surface area (Å²) in [5.74, 6) is -0.216. The van der Waals surface area contributed by atoms with Crippen LogP contribution in [0.15, 0.2) is 16.6 Å². The first-order chi connectivity index (χ1) is 8.19. The molecule has 0 bridgehead atoms. The van der Waals surface area contributed by atoms with Crippen LogP contribution < -0.4 is 10.2 Å². The Morgan fingerprint density at radius 1 is 1.53 bits per heavy atom. The smallest absolute Gasteiger partial charge is 0.139 e. The molecule has 92 valence electrons. The normalized spacial score (nSPS) is 26.4. The lowest BCUT2D eigenvalue weighted by Crippen LogP contribution is -2.39. The van der Waals surface area contributed by atoms with E-state index < -0.39 is 0 Å². The highest BCUT2D eigenvalue weighted by atomic mass is 79.9. The molecule has 3 rings (SSSR count). The SMILES string of the molecule is COC1CC2CNc3cc(Br)c(F)cc3N2C1. The van der Waals surface area contributed by atoms with E-state index in [1.807, 2.05) is 0 Å². The number of halogens is 2. The zero-order chi connectivity index (χ0) is 12.0. The zero-order valence-corrected chi connectivity index (χ0v) is 11.1. The van der Waals surface area contributed by atoms with Crippen molar-refractivity contribution in [1.82, 2.24) is 0 Å². The average Bonchev–Trinajstić information content (AvgIpc) is 2.74. The zero-order valence-electron chi connectivity index (χ0n) is 9.54. The van der Waals surface area contributed by atoms with Gasteiger partial charge in [-0.2, -0.15) is 0 Å². The van der Waals surface area contributed by atoms with Gasteiger partial charge < -0.3 is 15.0 Å². The van der Waals surface area contributed by atoms with Crippen molar-refractivity contribution in [3.63, 3.8) is 0 Å². The fourth-order valence-corrected chi connectivity index (χ4v) is 3.02. The highest BCUT2D eigenvalue weighted by Crippen LogP contribution is 2.39. The number of fused-ring (bicyclic) bond motifs is 3. The van der Waals surface area contributed by atoms with Gasteiger partial charge in [0, 0.05) is 32.3 Å². The highest BCUT2D eigenvalue weighted by Gasteiger charge is 2.36. The van der Waals surface area contributed by atoms with E-state index in [1.54, 1.807) is 19.2 Å². The van der Waals surface area contributed by atoms with Crippen LogP contribution in [0.25, 0.3) is 0 Å². The summed E-state index contributed by atoms with van der Waals surface area (Å²) in [4.78, 5) is 2.25. The van der Waals surface area contributed by atoms with E-state index in [9.17, 15) is 4.39 Å². The summed E-state index contributed by atoms with van der Waals surface area (Å²) in [6.45, 7) is 1.74. The molecule has 0 spiro atoms. The Kier molecular flexibility index (Phi) is 2.75. The van der Waals surface area contributed by atoms with Gasteiger partial charge in [-0.3, -0.25) is 0 Å². The summed E-state index contributed by atoms with van der Waals surface area (Å²) in [6, 6.07) is 3.81. The van der Waals surface area contributed by atoms with Crippen LogP contribution in [0.5, 0.6) is 0 Å². The molecule has 17 heavy (non-hydrogen) atoms. The molecule has 0 radical (unpaired) electrons. The van der Waals surface area contributed by atoms with Crippen molar-refractivity contribution >= 4 is 27.3 Å². The van der Waals surface area contributed by atoms with E-state index in [-0.39, 0.29) is 11.9 Å². The molecule has 3 nitrogen and oxygen atoms in total. The molecule has 2 aliphatic heterocycles. The summed E-state index contributed by atoms with van der Waals surface area (Å²) in [5.41, 5.74) is 1.94. The standard InChI is InChI=1S/C12H14BrFN2O/c1-17-8-2-7-5-15-11-3-9(13)10(14)4-12(11)16(7)6-8/h3-4,7-8,15H,2,5-6H2,1H3. The average molecular weight is 301 g/mol. The van der Waals surface area contributed by atoms with Crippen molar-refractivity contribution in [2.24, 2.45) is 0 Å². The maximum Gasteiger partial charge on any atom is 0.139 e. The molecule has 0 aromatic heterocycles. The van der Waals surface area contributed by atoms with E-state index in [0.717, 1.165) is 30.9 Å². The Hall–Kier alpha value is -0.810. The fraction of sp³-hybridized carbons (Fsp3) is 0.500. The molecule has 1 aromatic carbocycles. The molecule has 2 atom stereocenters. The largest absolute Gasteiger partial charge is 0.381 e. The third-order valence-electron chi connectivity index (χ3n) is 3.59. The molecule has 2 unspecified atom stereocenters. The minimum atomic E-state index is -0.216. The lowest BCUT2D eigenvalue weighted by atomic mass is 10.1. The number of ether oxygens (including phenoxy) is 1. The molecule has 2 heterocycles. The van der Waals surface area contributed by atoms with Gasteiger partial charge in [-0.15, -0.1) is 0 Å². The number of anilines is 2. The second-order valence-corrected chi connectivity index (χ2v) is 5.42. The Balaban J connectivity index is 1.98. The van der Waals surface area contributed by atoms with Crippen molar-refractivity contribution in [3.05, 3.63) is 22.4 Å². The minimum absolute atomic E-state index is 0.216. The topological polar surface area (TPSA) is 24.5 Å². The quantitative estimate of drug-likeness (QED) is 0.863. The van der Waals surface area contributed by atoms with E-state index in [1.165, 1.54) is 0 Å². The lowest BCUT2D eigenvalue weighted by Gasteiger charge is -2.34. The molecule has 1 fully saturated rings. The van der Waals surface area contributed by atoms with Gasteiger partial charge in [0.15, 0.2) is 0 Å². The fourth-order valence-electron chi connectivity index (χ4n) is 2.68. The Morgan fingerprint density at radius 2 is 2.35 bits per heavy atom. The number of hydrogen-bond donors (Lipinski definition) is 1. The first-order valence-corrected chi connectivity index (χ1v) is 6.50. The molecule has 5 heteroatoms. The summed E-state index contributed by atoms with van der Waals surface area (Å²) in [5, 5.41) is 3.35. The van der Waals surface area contributed by atoms with Crippen LogP contribution in [-0.2, 0) is 4.74 Å². The van der Waals surface area contributed by atoms with Crippen molar-refractivity contribution in [1.29, 1.82) is 0 Å². The highest BCUT2D eigenvalue weighted by molar-refractivity contribution is 9.10. The van der Waals surface area contributed by atoms with Crippen molar-refractivity contribution in [2.75, 3.05) is 30.4 Å². The molecule has 1 aromatic rings. The molecular formula is C12H14BrFN2O. The van der Waals surface area contributed by atoms with Gasteiger partial charge in [0.2, 0.25) is 0 Å². The number of methoxy groups -OCH3 is 1. The van der Waals surface area contributed by atoms with Gasteiger partial charge in [-0.1, -0.05) is 0 Å². The van der Waals surface area contributed by atoms with Gasteiger partial charge >= 0.3 is 0 Å². The molecule has 2 aliphatic rings. The van der Waals surface area contributed by atoms with Gasteiger partial charge in [-0.05, 0) is 28.4 Å². The van der Waals surface area contributed by atoms with Crippen LogP contribution in [0.4, 0.5) is 15.8 Å². The Bertz CT molecular complexity index is 454. The second kappa shape index (κ2) is 4.14. The summed E-state index contributed by atoms with van der Waals surface area (Å²) < 4.78 is 19.5. The van der Waals surface area contributed by atoms with Crippen LogP contribution in [0.3, 0.4) is 0 Å². The molecule has 0 saturated carbocycles. The van der Waals surface area contributed by atoms with E-state index in [2.05, 4.69) is 26.1 Å². The summed E-state index contributed by atoms with van der Waals surface area (Å²) in [7, 11) is 1.74. The third-order valence-corrected chi connectivity index (χ3v) is 4.19. The van der Waals surface area contributed by atoms with Crippen molar-refractivity contribution < 1.29 is 9.13 Å². The Morgan fingerprint density at radius 3 is 3.12 bits per heavy atom. The molecule has 1 N–H and O–H groups in total. The van der Waals surface area contributed by atoms with Gasteiger partial charge in [-0.25, -0.2) is 4.39 Å². The molecule has 0 aliphatic carbocycles. The molecular weight excluding hydrogens is 287 g/mol. The summed E-state index contributed by atoms with van der Waals surface area (Å²) >= 11 is 3.21. The predicted molar refractivity (Wildman–Crippen MR) is 69.1 cm³/mol. The minimum Gasteiger partial charge on any atom is -0.381 e. The third kappa shape index (κ3) is 1.81. The van der Waals surface area contributed by atoms with E-state index >= 15 is 0 Å². The molecule has 1 saturated heterocycles. The summed E-state index contributed by atoms with van der Waals surface area (Å²) in [6.07, 6.45) is 1.25. The maximum atomic E-state index is 13.6. The number of rotatable bonds is 1. The number of hydrogen-bond acceptors (Lipinski definition) is 3. The van der Waals surface area contributed by atoms with Crippen LogP contribution in [0.2, 0.25) is 0 Å². The van der Waals surface area contributed by atoms with Gasteiger partial charge in [0.1, 0.15) is 5.82 Å². The first-order valence-electron chi connectivity index (χ1n) is 5.71. The lowest BCUT2D eigenvalue weighted by molar-refractivity contribution is 0.118. The van der Waals surface area contributed by atoms with Crippen LogP contribution in [0.1, 0.15) is 6.42 Å². The van der Waals surface area contributed by atoms with Gasteiger partial charge in [0.25, 0.3) is 0 Å². The van der Waals surface area contributed by atoms with E-state index in [0.29, 0.717) is 10.5 Å². The van der Waals surface area contributed by atoms with Crippen LogP contribution in [0, 0.1) is 5.82 Å². The monoisotopic (exact) mass is 300 g/mol. The number of nitrogens with zero attached hydrogens (tertiary/aromatic N) is 1. The predicted octanol–water partition coefficient (Wildman–Crippen LogP) is 2.61. The van der Waals surface area contributed by atoms with Crippen molar-refractivity contribution in [2.45, 2.75) is 18.6 Å². The molecule has 0 amide bonds. The van der Waals surface area contributed by atoms with E-state index in [4.69, 9.17) is 4.74 Å². The first kappa shape index (κ1) is 11.3. The van der Waals surface area contributed by atoms with Crippen LogP contribution >= 0.6 is 15.9 Å². The van der Waals surface area contributed by atoms with Crippen LogP contribution in [-0.4, -0.2) is 32.3 Å².